The molecule has 0 aliphatic carbocycles. The number of nitrogens with one attached hydrogen (secondary N) is 2. The third-order valence-corrected chi connectivity index (χ3v) is 8.27. The second-order valence-corrected chi connectivity index (χ2v) is 11.5. The number of carbonyl (C=O) groups excluding carboxylic acids is 4. The lowest BCUT2D eigenvalue weighted by Crippen LogP contribution is -2.39. The number of carbonyl (C=O) groups is 4. The molecular weight excluding hydrogens is 593 g/mol. The van der Waals surface area contributed by atoms with Gasteiger partial charge >= 0.3 is 0 Å². The van der Waals surface area contributed by atoms with Crippen LogP contribution in [-0.4, -0.2) is 44.1 Å². The molecule has 2 amide bonds. The first-order valence-corrected chi connectivity index (χ1v) is 15.3. The Kier molecular flexibility index (Phi) is 10.3. The highest BCUT2D eigenvalue weighted by Crippen LogP contribution is 2.27. The minimum absolute atomic E-state index is 0.206. The average Bonchev–Trinajstić information content (AvgIpc) is 3.08. The standard InChI is InChI=1S/C34H26N4O4S2/c39-28(23-13-5-1-6-14-23)32(37-30(41)25-17-9-3-10-18-25)43-27-21-22-35-34(36-27)44-33(29(40)24-15-7-2-8-16-24)38-31(42)26-19-11-4-12-20-26/h1-22,32-33H,(H,37,41)(H,38,42). The molecule has 44 heavy (non-hydrogen) atoms. The van der Waals surface area contributed by atoms with Crippen LogP contribution < -0.4 is 10.6 Å². The summed E-state index contributed by atoms with van der Waals surface area (Å²) in [6.45, 7) is 0. The van der Waals surface area contributed by atoms with Gasteiger partial charge in [0.25, 0.3) is 11.8 Å². The summed E-state index contributed by atoms with van der Waals surface area (Å²) in [6.07, 6.45) is 1.50. The summed E-state index contributed by atoms with van der Waals surface area (Å²) in [4.78, 5) is 61.9. The maximum absolute atomic E-state index is 13.5. The Bertz CT molecular complexity index is 1610. The summed E-state index contributed by atoms with van der Waals surface area (Å²) in [5.41, 5.74) is 1.66. The van der Waals surface area contributed by atoms with E-state index < -0.39 is 22.6 Å². The zero-order valence-electron chi connectivity index (χ0n) is 23.2. The zero-order chi connectivity index (χ0) is 30.7. The van der Waals surface area contributed by atoms with E-state index in [-0.39, 0.29) is 16.7 Å². The Morgan fingerprint density at radius 3 is 1.32 bits per heavy atom. The van der Waals surface area contributed by atoms with Crippen LogP contribution in [-0.2, 0) is 0 Å². The van der Waals surface area contributed by atoms with Crippen molar-refractivity contribution in [2.24, 2.45) is 0 Å². The SMILES string of the molecule is O=C(NC(Sc1ccnc(SC(NC(=O)c2ccccc2)C(=O)c2ccccc2)n1)C(=O)c1ccccc1)c1ccccc1. The highest BCUT2D eigenvalue weighted by atomic mass is 32.2. The van der Waals surface area contributed by atoms with Crippen molar-refractivity contribution in [2.45, 2.75) is 20.9 Å². The van der Waals surface area contributed by atoms with E-state index in [9.17, 15) is 19.2 Å². The number of amides is 2. The van der Waals surface area contributed by atoms with Gasteiger partial charge in [0.2, 0.25) is 0 Å². The predicted molar refractivity (Wildman–Crippen MR) is 171 cm³/mol. The number of hydrogen-bond donors (Lipinski definition) is 2. The Hall–Kier alpha value is -5.06. The molecule has 5 aromatic rings. The van der Waals surface area contributed by atoms with Crippen molar-refractivity contribution in [1.82, 2.24) is 20.6 Å². The first-order valence-electron chi connectivity index (χ1n) is 13.5. The molecule has 0 spiro atoms. The smallest absolute Gasteiger partial charge is 0.252 e. The Balaban J connectivity index is 1.39. The van der Waals surface area contributed by atoms with Gasteiger partial charge in [0.1, 0.15) is 15.8 Å². The summed E-state index contributed by atoms with van der Waals surface area (Å²) < 4.78 is 0. The molecule has 0 radical (unpaired) electrons. The predicted octanol–water partition coefficient (Wildman–Crippen LogP) is 5.94. The van der Waals surface area contributed by atoms with E-state index in [0.717, 1.165) is 23.5 Å². The molecule has 0 saturated heterocycles. The van der Waals surface area contributed by atoms with Crippen molar-refractivity contribution in [3.63, 3.8) is 0 Å². The molecule has 2 N–H and O–H groups in total. The molecule has 8 nitrogen and oxygen atoms in total. The van der Waals surface area contributed by atoms with Gasteiger partial charge in [-0.15, -0.1) is 0 Å². The van der Waals surface area contributed by atoms with Gasteiger partial charge in [0.05, 0.1) is 0 Å². The van der Waals surface area contributed by atoms with E-state index in [1.165, 1.54) is 6.20 Å². The van der Waals surface area contributed by atoms with Gasteiger partial charge < -0.3 is 10.6 Å². The molecule has 0 aliphatic heterocycles. The van der Waals surface area contributed by atoms with Gasteiger partial charge in [0, 0.05) is 28.5 Å². The summed E-state index contributed by atoms with van der Waals surface area (Å²) in [6, 6.07) is 36.1. The van der Waals surface area contributed by atoms with Gasteiger partial charge in [0.15, 0.2) is 16.7 Å². The Morgan fingerprint density at radius 1 is 0.500 bits per heavy atom. The second-order valence-electron chi connectivity index (χ2n) is 9.31. The lowest BCUT2D eigenvalue weighted by molar-refractivity contribution is 0.0892. The molecule has 0 saturated carbocycles. The molecule has 0 aliphatic rings. The van der Waals surface area contributed by atoms with Crippen LogP contribution in [0.15, 0.2) is 144 Å². The van der Waals surface area contributed by atoms with Crippen LogP contribution >= 0.6 is 23.5 Å². The van der Waals surface area contributed by atoms with Gasteiger partial charge in [-0.05, 0) is 30.3 Å². The van der Waals surface area contributed by atoms with Crippen molar-refractivity contribution in [3.05, 3.63) is 156 Å². The molecule has 1 heterocycles. The topological polar surface area (TPSA) is 118 Å². The van der Waals surface area contributed by atoms with Crippen LogP contribution in [0.4, 0.5) is 0 Å². The van der Waals surface area contributed by atoms with Crippen molar-refractivity contribution < 1.29 is 19.2 Å². The van der Waals surface area contributed by atoms with Crippen LogP contribution in [0.5, 0.6) is 0 Å². The maximum Gasteiger partial charge on any atom is 0.252 e. The molecular formula is C34H26N4O4S2. The van der Waals surface area contributed by atoms with Gasteiger partial charge in [-0.25, -0.2) is 9.97 Å². The van der Waals surface area contributed by atoms with Crippen molar-refractivity contribution in [2.75, 3.05) is 0 Å². The Morgan fingerprint density at radius 2 is 0.886 bits per heavy atom. The lowest BCUT2D eigenvalue weighted by Gasteiger charge is -2.18. The first kappa shape index (κ1) is 30.4. The zero-order valence-corrected chi connectivity index (χ0v) is 24.8. The number of Topliss-reactive ketones (excluding diaryl/α,β-unsaturated/α-hetero) is 2. The van der Waals surface area contributed by atoms with Crippen molar-refractivity contribution >= 4 is 46.9 Å². The van der Waals surface area contributed by atoms with E-state index in [4.69, 9.17) is 0 Å². The highest BCUT2D eigenvalue weighted by Gasteiger charge is 2.27. The van der Waals surface area contributed by atoms with Crippen molar-refractivity contribution in [3.8, 4) is 0 Å². The van der Waals surface area contributed by atoms with E-state index in [0.29, 0.717) is 27.3 Å². The number of nitrogens with zero attached hydrogens (tertiary/aromatic N) is 2. The van der Waals surface area contributed by atoms with Crippen LogP contribution in [0.2, 0.25) is 0 Å². The fourth-order valence-electron chi connectivity index (χ4n) is 4.06. The number of rotatable bonds is 12. The quantitative estimate of drug-likeness (QED) is 0.0580. The summed E-state index contributed by atoms with van der Waals surface area (Å²) >= 11 is 2.04. The van der Waals surface area contributed by atoms with Gasteiger partial charge in [-0.1, -0.05) is 121 Å². The molecule has 2 unspecified atom stereocenters. The molecule has 1 aromatic heterocycles. The second kappa shape index (κ2) is 14.9. The molecule has 5 rings (SSSR count). The normalized spacial score (nSPS) is 12.0. The maximum atomic E-state index is 13.5. The number of aromatic nitrogens is 2. The number of benzene rings is 4. The molecule has 0 bridgehead atoms. The number of thioether (sulfide) groups is 2. The van der Waals surface area contributed by atoms with E-state index in [1.807, 2.05) is 0 Å². The number of ketones is 2. The summed E-state index contributed by atoms with van der Waals surface area (Å²) in [5.74, 6) is -1.46. The molecule has 10 heteroatoms. The fraction of sp³-hybridized carbons (Fsp3) is 0.0588. The van der Waals surface area contributed by atoms with E-state index in [2.05, 4.69) is 20.6 Å². The fourth-order valence-corrected chi connectivity index (χ4v) is 5.94. The third kappa shape index (κ3) is 8.06. The monoisotopic (exact) mass is 618 g/mol. The lowest BCUT2D eigenvalue weighted by atomic mass is 10.1. The first-order chi connectivity index (χ1) is 21.5. The van der Waals surface area contributed by atoms with Crippen LogP contribution in [0.3, 0.4) is 0 Å². The van der Waals surface area contributed by atoms with E-state index >= 15 is 0 Å². The van der Waals surface area contributed by atoms with Gasteiger partial charge in [-0.3, -0.25) is 19.2 Å². The minimum Gasteiger partial charge on any atom is -0.333 e. The Labute approximate surface area is 262 Å². The largest absolute Gasteiger partial charge is 0.333 e. The van der Waals surface area contributed by atoms with Crippen molar-refractivity contribution in [1.29, 1.82) is 0 Å². The van der Waals surface area contributed by atoms with E-state index in [1.54, 1.807) is 127 Å². The van der Waals surface area contributed by atoms with Crippen LogP contribution in [0.25, 0.3) is 0 Å². The molecule has 4 aromatic carbocycles. The van der Waals surface area contributed by atoms with Crippen LogP contribution in [0, 0.1) is 0 Å². The summed E-state index contributed by atoms with van der Waals surface area (Å²) in [7, 11) is 0. The third-order valence-electron chi connectivity index (χ3n) is 6.26. The molecule has 218 valence electrons. The number of hydrogen-bond acceptors (Lipinski definition) is 8. The molecule has 2 atom stereocenters. The average molecular weight is 619 g/mol. The minimum atomic E-state index is -1.04. The highest BCUT2D eigenvalue weighted by molar-refractivity contribution is 8.01. The summed E-state index contributed by atoms with van der Waals surface area (Å²) in [5, 5.41) is 4.18. The molecule has 0 fully saturated rings. The van der Waals surface area contributed by atoms with Crippen LogP contribution in [0.1, 0.15) is 41.4 Å². The van der Waals surface area contributed by atoms with Gasteiger partial charge in [-0.2, -0.15) is 0 Å².